The van der Waals surface area contributed by atoms with Crippen molar-refractivity contribution in [3.63, 3.8) is 0 Å². The zero-order chi connectivity index (χ0) is 19.2. The molecule has 5 nitrogen and oxygen atoms in total. The molecule has 0 aliphatic carbocycles. The zero-order valence-electron chi connectivity index (χ0n) is 15.7. The lowest BCUT2D eigenvalue weighted by atomic mass is 10.0. The molecule has 0 spiro atoms. The molecule has 1 aliphatic heterocycles. The maximum absolute atomic E-state index is 13.0. The van der Waals surface area contributed by atoms with Crippen molar-refractivity contribution in [2.24, 2.45) is 0 Å². The summed E-state index contributed by atoms with van der Waals surface area (Å²) in [5.74, 6) is -0.560. The van der Waals surface area contributed by atoms with E-state index in [9.17, 15) is 9.59 Å². The van der Waals surface area contributed by atoms with Gasteiger partial charge >= 0.3 is 0 Å². The van der Waals surface area contributed by atoms with E-state index in [1.165, 1.54) is 4.90 Å². The molecule has 0 fully saturated rings. The summed E-state index contributed by atoms with van der Waals surface area (Å²) in [5, 5.41) is 3.15. The van der Waals surface area contributed by atoms with Gasteiger partial charge in [0.05, 0.1) is 5.57 Å². The fourth-order valence-corrected chi connectivity index (χ4v) is 3.02. The highest BCUT2D eigenvalue weighted by atomic mass is 16.5. The van der Waals surface area contributed by atoms with Gasteiger partial charge in [0.15, 0.2) is 0 Å². The molecular weight excluding hydrogens is 340 g/mol. The number of imide groups is 1. The van der Waals surface area contributed by atoms with E-state index in [0.717, 1.165) is 16.8 Å². The summed E-state index contributed by atoms with van der Waals surface area (Å²) in [6.45, 7) is 5.39. The van der Waals surface area contributed by atoms with E-state index >= 15 is 0 Å². The second kappa shape index (κ2) is 8.64. The summed E-state index contributed by atoms with van der Waals surface area (Å²) in [6, 6.07) is 17.1. The number of anilines is 1. The van der Waals surface area contributed by atoms with Crippen LogP contribution in [0.15, 0.2) is 60.3 Å². The highest BCUT2D eigenvalue weighted by molar-refractivity contribution is 6.36. The van der Waals surface area contributed by atoms with Crippen LogP contribution in [0.4, 0.5) is 5.69 Å². The predicted octanol–water partition coefficient (Wildman–Crippen LogP) is 3.61. The van der Waals surface area contributed by atoms with Crippen LogP contribution in [0.2, 0.25) is 0 Å². The van der Waals surface area contributed by atoms with Gasteiger partial charge in [0, 0.05) is 25.4 Å². The summed E-state index contributed by atoms with van der Waals surface area (Å²) in [4.78, 5) is 27.3. The van der Waals surface area contributed by atoms with Crippen molar-refractivity contribution in [1.29, 1.82) is 0 Å². The molecular formula is C22H24N2O3. The predicted molar refractivity (Wildman–Crippen MR) is 106 cm³/mol. The Bertz CT molecular complexity index is 842. The van der Waals surface area contributed by atoms with Crippen molar-refractivity contribution < 1.29 is 14.3 Å². The second-order valence-corrected chi connectivity index (χ2v) is 6.42. The smallest absolute Gasteiger partial charge is 0.278 e. The molecule has 2 amide bonds. The van der Waals surface area contributed by atoms with E-state index in [-0.39, 0.29) is 11.8 Å². The van der Waals surface area contributed by atoms with E-state index < -0.39 is 0 Å². The van der Waals surface area contributed by atoms with Gasteiger partial charge < -0.3 is 10.1 Å². The Kier molecular flexibility index (Phi) is 6.04. The molecule has 140 valence electrons. The number of nitrogens with zero attached hydrogens (tertiary/aromatic N) is 1. The monoisotopic (exact) mass is 364 g/mol. The molecule has 3 rings (SSSR count). The molecule has 2 aromatic carbocycles. The van der Waals surface area contributed by atoms with Crippen LogP contribution in [0.1, 0.15) is 24.5 Å². The number of benzene rings is 2. The Balaban J connectivity index is 1.92. The Labute approximate surface area is 159 Å². The van der Waals surface area contributed by atoms with Crippen molar-refractivity contribution in [3.8, 4) is 0 Å². The number of ether oxygens (including phenoxy) is 1. The Morgan fingerprint density at radius 2 is 1.67 bits per heavy atom. The SMILES string of the molecule is CCOCCCN1C(=O)C(Nc2ccccc2)=C(c2ccc(C)cc2)C1=O. The number of hydrogen-bond acceptors (Lipinski definition) is 4. The maximum Gasteiger partial charge on any atom is 0.278 e. The Hall–Kier alpha value is -2.92. The molecule has 0 radical (unpaired) electrons. The van der Waals surface area contributed by atoms with Gasteiger partial charge in [0.25, 0.3) is 11.8 Å². The standard InChI is InChI=1S/C22H24N2O3/c1-3-27-15-7-14-24-21(25)19(17-12-10-16(2)11-13-17)20(22(24)26)23-18-8-5-4-6-9-18/h4-6,8-13,23H,3,7,14-15H2,1-2H3. The lowest BCUT2D eigenvalue weighted by Gasteiger charge is -2.15. The first-order valence-corrected chi connectivity index (χ1v) is 9.19. The van der Waals surface area contributed by atoms with E-state index in [2.05, 4.69) is 5.32 Å². The van der Waals surface area contributed by atoms with Gasteiger partial charge in [-0.15, -0.1) is 0 Å². The van der Waals surface area contributed by atoms with Crippen LogP contribution < -0.4 is 5.32 Å². The van der Waals surface area contributed by atoms with Gasteiger partial charge in [0.2, 0.25) is 0 Å². The summed E-state index contributed by atoms with van der Waals surface area (Å²) in [7, 11) is 0. The van der Waals surface area contributed by atoms with Gasteiger partial charge in [-0.05, 0) is 38.0 Å². The third-order valence-corrected chi connectivity index (χ3v) is 4.43. The summed E-state index contributed by atoms with van der Waals surface area (Å²) in [6.07, 6.45) is 0.616. The van der Waals surface area contributed by atoms with Gasteiger partial charge in [-0.1, -0.05) is 48.0 Å². The number of aryl methyl sites for hydroxylation is 1. The van der Waals surface area contributed by atoms with Crippen LogP contribution in [0.25, 0.3) is 5.57 Å². The lowest BCUT2D eigenvalue weighted by Crippen LogP contribution is -2.34. The van der Waals surface area contributed by atoms with Gasteiger partial charge in [-0.2, -0.15) is 0 Å². The molecule has 27 heavy (non-hydrogen) atoms. The molecule has 1 aliphatic rings. The Morgan fingerprint density at radius 3 is 2.33 bits per heavy atom. The lowest BCUT2D eigenvalue weighted by molar-refractivity contribution is -0.137. The summed E-state index contributed by atoms with van der Waals surface area (Å²) >= 11 is 0. The first-order valence-electron chi connectivity index (χ1n) is 9.19. The molecule has 5 heteroatoms. The maximum atomic E-state index is 13.0. The van der Waals surface area contributed by atoms with E-state index in [1.807, 2.05) is 68.4 Å². The third-order valence-electron chi connectivity index (χ3n) is 4.43. The van der Waals surface area contributed by atoms with Crippen molar-refractivity contribution >= 4 is 23.1 Å². The molecule has 0 unspecified atom stereocenters. The minimum absolute atomic E-state index is 0.265. The largest absolute Gasteiger partial charge is 0.382 e. The summed E-state index contributed by atoms with van der Waals surface area (Å²) < 4.78 is 5.33. The van der Waals surface area contributed by atoms with Crippen molar-refractivity contribution in [3.05, 3.63) is 71.4 Å². The number of amides is 2. The van der Waals surface area contributed by atoms with Gasteiger partial charge in [-0.3, -0.25) is 14.5 Å². The van der Waals surface area contributed by atoms with E-state index in [1.54, 1.807) is 0 Å². The van der Waals surface area contributed by atoms with E-state index in [4.69, 9.17) is 4.74 Å². The zero-order valence-corrected chi connectivity index (χ0v) is 15.7. The third kappa shape index (κ3) is 4.26. The van der Waals surface area contributed by atoms with Crippen LogP contribution in [-0.2, 0) is 14.3 Å². The molecule has 0 saturated heterocycles. The fraction of sp³-hybridized carbons (Fsp3) is 0.273. The van der Waals surface area contributed by atoms with Gasteiger partial charge in [-0.25, -0.2) is 0 Å². The van der Waals surface area contributed by atoms with Crippen molar-refractivity contribution in [2.75, 3.05) is 25.1 Å². The normalized spacial score (nSPS) is 14.2. The first-order chi connectivity index (χ1) is 13.1. The summed E-state index contributed by atoms with van der Waals surface area (Å²) in [5.41, 5.74) is 3.35. The number of carbonyl (C=O) groups excluding carboxylic acids is 2. The fourth-order valence-electron chi connectivity index (χ4n) is 3.02. The molecule has 0 aromatic heterocycles. The van der Waals surface area contributed by atoms with Crippen LogP contribution in [0.5, 0.6) is 0 Å². The van der Waals surface area contributed by atoms with Crippen LogP contribution >= 0.6 is 0 Å². The first kappa shape index (κ1) is 18.9. The quantitative estimate of drug-likeness (QED) is 0.574. The molecule has 2 aromatic rings. The van der Waals surface area contributed by atoms with Gasteiger partial charge in [0.1, 0.15) is 5.70 Å². The van der Waals surface area contributed by atoms with Crippen LogP contribution in [0, 0.1) is 6.92 Å². The second-order valence-electron chi connectivity index (χ2n) is 6.42. The average Bonchev–Trinajstić information content (AvgIpc) is 2.91. The van der Waals surface area contributed by atoms with Crippen molar-refractivity contribution in [1.82, 2.24) is 4.90 Å². The number of carbonyl (C=O) groups is 2. The molecule has 0 atom stereocenters. The highest BCUT2D eigenvalue weighted by Gasteiger charge is 2.38. The topological polar surface area (TPSA) is 58.6 Å². The number of para-hydroxylation sites is 1. The molecule has 1 N–H and O–H groups in total. The number of rotatable bonds is 8. The minimum Gasteiger partial charge on any atom is -0.382 e. The Morgan fingerprint density at radius 1 is 0.963 bits per heavy atom. The minimum atomic E-state index is -0.295. The van der Waals surface area contributed by atoms with Crippen molar-refractivity contribution in [2.45, 2.75) is 20.3 Å². The average molecular weight is 364 g/mol. The number of nitrogens with one attached hydrogen (secondary N) is 1. The molecule has 0 bridgehead atoms. The molecule has 0 saturated carbocycles. The van der Waals surface area contributed by atoms with E-state index in [0.29, 0.717) is 37.4 Å². The van der Waals surface area contributed by atoms with Crippen LogP contribution in [0.3, 0.4) is 0 Å². The number of hydrogen-bond donors (Lipinski definition) is 1. The van der Waals surface area contributed by atoms with Crippen LogP contribution in [-0.4, -0.2) is 36.5 Å². The highest BCUT2D eigenvalue weighted by Crippen LogP contribution is 2.30. The molecule has 1 heterocycles.